The van der Waals surface area contributed by atoms with E-state index in [4.69, 9.17) is 9.47 Å². The van der Waals surface area contributed by atoms with Gasteiger partial charge in [0, 0.05) is 32.2 Å². The number of carbonyl (C=O) groups is 4. The van der Waals surface area contributed by atoms with E-state index in [1.807, 2.05) is 49.4 Å². The third-order valence-corrected chi connectivity index (χ3v) is 8.87. The van der Waals surface area contributed by atoms with Gasteiger partial charge in [0.15, 0.2) is 0 Å². The topological polar surface area (TPSA) is 125 Å². The third kappa shape index (κ3) is 5.49. The van der Waals surface area contributed by atoms with Gasteiger partial charge in [0.25, 0.3) is 0 Å². The maximum absolute atomic E-state index is 14.3. The molecular formula is C32H41N3O7. The fraction of sp³-hybridized carbons (Fsp3) is 0.562. The number of allylic oxidation sites excluding steroid dienone is 1. The molecule has 0 aromatic heterocycles. The van der Waals surface area contributed by atoms with E-state index in [1.54, 1.807) is 17.1 Å². The largest absolute Gasteiger partial charge is 0.455 e. The number of likely N-dealkylation sites (tertiary alicyclic amines) is 1. The number of benzene rings is 1. The van der Waals surface area contributed by atoms with Gasteiger partial charge in [-0.1, -0.05) is 68.0 Å². The van der Waals surface area contributed by atoms with Gasteiger partial charge in [-0.25, -0.2) is 0 Å². The van der Waals surface area contributed by atoms with E-state index in [-0.39, 0.29) is 49.9 Å². The van der Waals surface area contributed by atoms with Gasteiger partial charge in [-0.3, -0.25) is 19.2 Å². The summed E-state index contributed by atoms with van der Waals surface area (Å²) in [5.74, 6) is -3.35. The summed E-state index contributed by atoms with van der Waals surface area (Å²) in [6.07, 6.45) is 8.28. The van der Waals surface area contributed by atoms with Crippen molar-refractivity contribution in [3.8, 4) is 0 Å². The molecule has 42 heavy (non-hydrogen) atoms. The lowest BCUT2D eigenvalue weighted by Gasteiger charge is -2.37. The van der Waals surface area contributed by atoms with Gasteiger partial charge in [-0.05, 0) is 31.7 Å². The predicted octanol–water partition coefficient (Wildman–Crippen LogP) is 2.29. The van der Waals surface area contributed by atoms with Crippen molar-refractivity contribution in [3.05, 3.63) is 60.2 Å². The Morgan fingerprint density at radius 3 is 2.64 bits per heavy atom. The lowest BCUT2D eigenvalue weighted by Crippen LogP contribution is -2.56. The molecular weight excluding hydrogens is 538 g/mol. The van der Waals surface area contributed by atoms with Crippen LogP contribution in [0.2, 0.25) is 0 Å². The van der Waals surface area contributed by atoms with E-state index >= 15 is 0 Å². The molecule has 3 amide bonds. The first-order chi connectivity index (χ1) is 20.3. The minimum atomic E-state index is -1.38. The number of nitrogens with one attached hydrogen (secondary N) is 1. The highest BCUT2D eigenvalue weighted by atomic mass is 16.6. The minimum absolute atomic E-state index is 0.0488. The smallest absolute Gasteiger partial charge is 0.313 e. The number of hydrogen-bond donors (Lipinski definition) is 2. The van der Waals surface area contributed by atoms with Gasteiger partial charge in [0.1, 0.15) is 23.7 Å². The summed E-state index contributed by atoms with van der Waals surface area (Å²) in [4.78, 5) is 58.4. The van der Waals surface area contributed by atoms with Crippen molar-refractivity contribution >= 4 is 23.7 Å². The van der Waals surface area contributed by atoms with Crippen molar-refractivity contribution in [2.45, 2.75) is 75.8 Å². The highest BCUT2D eigenvalue weighted by molar-refractivity contribution is 5.99. The number of rotatable bonds is 7. The lowest BCUT2D eigenvalue weighted by molar-refractivity contribution is -0.160. The molecule has 226 valence electrons. The fourth-order valence-corrected chi connectivity index (χ4v) is 6.88. The van der Waals surface area contributed by atoms with E-state index in [0.29, 0.717) is 24.9 Å². The lowest BCUT2D eigenvalue weighted by atomic mass is 9.77. The van der Waals surface area contributed by atoms with Gasteiger partial charge in [-0.15, -0.1) is 0 Å². The van der Waals surface area contributed by atoms with Crippen LogP contribution < -0.4 is 5.32 Å². The van der Waals surface area contributed by atoms with Gasteiger partial charge in [0.2, 0.25) is 17.7 Å². The Bertz CT molecular complexity index is 1230. The minimum Gasteiger partial charge on any atom is -0.455 e. The van der Waals surface area contributed by atoms with Crippen LogP contribution in [0.1, 0.15) is 57.6 Å². The molecule has 5 rings (SSSR count). The fourth-order valence-electron chi connectivity index (χ4n) is 6.88. The van der Waals surface area contributed by atoms with Crippen molar-refractivity contribution in [3.63, 3.8) is 0 Å². The number of hydrogen-bond acceptors (Lipinski definition) is 7. The van der Waals surface area contributed by atoms with Gasteiger partial charge < -0.3 is 29.7 Å². The van der Waals surface area contributed by atoms with Crippen LogP contribution >= 0.6 is 0 Å². The Kier molecular flexibility index (Phi) is 9.13. The zero-order valence-corrected chi connectivity index (χ0v) is 24.3. The Hall–Kier alpha value is -3.50. The van der Waals surface area contributed by atoms with Crippen LogP contribution in [0.5, 0.6) is 0 Å². The van der Waals surface area contributed by atoms with Crippen LogP contribution in [0.4, 0.5) is 0 Å². The van der Waals surface area contributed by atoms with Crippen molar-refractivity contribution < 1.29 is 33.8 Å². The molecule has 2 fully saturated rings. The van der Waals surface area contributed by atoms with E-state index < -0.39 is 41.7 Å². The molecule has 7 atom stereocenters. The summed E-state index contributed by atoms with van der Waals surface area (Å²) in [5, 5.41) is 12.5. The van der Waals surface area contributed by atoms with Gasteiger partial charge >= 0.3 is 5.97 Å². The molecule has 1 unspecified atom stereocenters. The SMILES string of the molecule is CCCC(C)N1CC=C[C@]23O[C@@H]4/C=C\CCC(=O)NC[C@@H](c5ccccc5)OC(=O)[C@@H]4[C@H]2C(=O)N(CCCO)[C@@H]3C1=O. The van der Waals surface area contributed by atoms with Crippen LogP contribution in [0.25, 0.3) is 0 Å². The number of carbonyl (C=O) groups excluding carboxylic acids is 4. The van der Waals surface area contributed by atoms with E-state index in [0.717, 1.165) is 12.8 Å². The summed E-state index contributed by atoms with van der Waals surface area (Å²) < 4.78 is 12.8. The normalized spacial score (nSPS) is 33.0. The van der Waals surface area contributed by atoms with Crippen LogP contribution in [0, 0.1) is 11.8 Å². The summed E-state index contributed by atoms with van der Waals surface area (Å²) in [6.45, 7) is 4.55. The molecule has 0 saturated carbocycles. The summed E-state index contributed by atoms with van der Waals surface area (Å²) in [5.41, 5.74) is -0.659. The first kappa shape index (κ1) is 30.0. The molecule has 4 aliphatic heterocycles. The molecule has 2 N–H and O–H groups in total. The number of aliphatic hydroxyl groups excluding tert-OH is 1. The van der Waals surface area contributed by atoms with Gasteiger partial charge in [0.05, 0.1) is 18.6 Å². The molecule has 1 spiro atoms. The summed E-state index contributed by atoms with van der Waals surface area (Å²) in [7, 11) is 0. The maximum Gasteiger partial charge on any atom is 0.313 e. The van der Waals surface area contributed by atoms with Crippen molar-refractivity contribution in [1.29, 1.82) is 0 Å². The zero-order chi connectivity index (χ0) is 29.9. The van der Waals surface area contributed by atoms with Crippen LogP contribution in [-0.4, -0.2) is 88.6 Å². The number of nitrogens with zero attached hydrogens (tertiary/aromatic N) is 2. The molecule has 10 nitrogen and oxygen atoms in total. The standard InChI is InChI=1S/C32H41N3O7/c1-3-11-21(2)34-17-9-16-32-27(29(38)35(18-10-19-36)28(32)30(34)39)26-23(42-32)14-7-8-15-25(37)33-20-24(41-31(26)40)22-12-5-4-6-13-22/h4-7,9,12-14,16,21,23-24,26-28,36H,3,8,10-11,15,17-20H2,1-2H3,(H,33,37)/b14-7-/t21?,23-,24+,26+,27+,28-,32+/m1/s1. The van der Waals surface area contributed by atoms with Crippen LogP contribution in [0.3, 0.4) is 0 Å². The Morgan fingerprint density at radius 1 is 1.12 bits per heavy atom. The number of ether oxygens (including phenoxy) is 2. The van der Waals surface area contributed by atoms with Crippen molar-refractivity contribution in [2.75, 3.05) is 26.2 Å². The molecule has 0 bridgehead atoms. The molecule has 2 saturated heterocycles. The molecule has 10 heteroatoms. The van der Waals surface area contributed by atoms with E-state index in [9.17, 15) is 24.3 Å². The predicted molar refractivity (Wildman–Crippen MR) is 154 cm³/mol. The Balaban J connectivity index is 1.57. The second-order valence-corrected chi connectivity index (χ2v) is 11.6. The summed E-state index contributed by atoms with van der Waals surface area (Å²) >= 11 is 0. The first-order valence-corrected chi connectivity index (χ1v) is 15.1. The number of cyclic esters (lactones) is 1. The number of fused-ring (bicyclic) bond motifs is 2. The number of amides is 3. The molecule has 4 heterocycles. The molecule has 1 aromatic rings. The molecule has 0 aliphatic carbocycles. The summed E-state index contributed by atoms with van der Waals surface area (Å²) in [6, 6.07) is 8.14. The van der Waals surface area contributed by atoms with Crippen LogP contribution in [0.15, 0.2) is 54.6 Å². The number of aliphatic hydroxyl groups is 1. The van der Waals surface area contributed by atoms with E-state index in [2.05, 4.69) is 12.2 Å². The second kappa shape index (κ2) is 12.8. The third-order valence-electron chi connectivity index (χ3n) is 8.87. The average molecular weight is 580 g/mol. The first-order valence-electron chi connectivity index (χ1n) is 15.1. The monoisotopic (exact) mass is 579 g/mol. The molecule has 4 aliphatic rings. The highest BCUT2D eigenvalue weighted by Crippen LogP contribution is 2.53. The Labute approximate surface area is 246 Å². The Morgan fingerprint density at radius 2 is 1.90 bits per heavy atom. The quantitative estimate of drug-likeness (QED) is 0.375. The second-order valence-electron chi connectivity index (χ2n) is 11.6. The molecule has 1 aromatic carbocycles. The van der Waals surface area contributed by atoms with Crippen molar-refractivity contribution in [1.82, 2.24) is 15.1 Å². The van der Waals surface area contributed by atoms with Crippen LogP contribution in [-0.2, 0) is 28.7 Å². The van der Waals surface area contributed by atoms with Gasteiger partial charge in [-0.2, -0.15) is 0 Å². The van der Waals surface area contributed by atoms with E-state index in [1.165, 1.54) is 4.90 Å². The van der Waals surface area contributed by atoms with Crippen molar-refractivity contribution in [2.24, 2.45) is 11.8 Å². The average Bonchev–Trinajstić information content (AvgIpc) is 3.36. The maximum atomic E-state index is 14.3. The molecule has 0 radical (unpaired) electrons. The number of esters is 1. The highest BCUT2D eigenvalue weighted by Gasteiger charge is 2.71. The zero-order valence-electron chi connectivity index (χ0n) is 24.3.